The number of likely N-dealkylation sites (N-methyl/N-ethyl adjacent to an activating group) is 1. The third-order valence-corrected chi connectivity index (χ3v) is 8.44. The van der Waals surface area contributed by atoms with Gasteiger partial charge < -0.3 is 20.1 Å². The minimum Gasteiger partial charge on any atom is -0.488 e. The molecular weight excluding hydrogens is 470 g/mol. The van der Waals surface area contributed by atoms with Gasteiger partial charge in [0.1, 0.15) is 11.9 Å². The van der Waals surface area contributed by atoms with Crippen LogP contribution in [0.5, 0.6) is 5.75 Å². The highest BCUT2D eigenvalue weighted by molar-refractivity contribution is 7.88. The zero-order chi connectivity index (χ0) is 25.8. The topological polar surface area (TPSA) is 116 Å². The van der Waals surface area contributed by atoms with Crippen molar-refractivity contribution in [1.29, 1.82) is 0 Å². The van der Waals surface area contributed by atoms with E-state index in [-0.39, 0.29) is 43.2 Å². The normalized spacial score (nSPS) is 23.0. The number of ether oxygens (including phenoxy) is 1. The molecule has 3 rings (SSSR count). The first-order valence-electron chi connectivity index (χ1n) is 12.4. The molecule has 0 bridgehead atoms. The summed E-state index contributed by atoms with van der Waals surface area (Å²) in [5.74, 6) is 0.137. The highest BCUT2D eigenvalue weighted by atomic mass is 32.2. The largest absolute Gasteiger partial charge is 0.488 e. The van der Waals surface area contributed by atoms with Gasteiger partial charge in [-0.3, -0.25) is 9.59 Å². The van der Waals surface area contributed by atoms with Crippen molar-refractivity contribution in [3.05, 3.63) is 23.8 Å². The fourth-order valence-corrected chi connectivity index (χ4v) is 5.14. The van der Waals surface area contributed by atoms with E-state index in [1.165, 1.54) is 17.8 Å². The second-order valence-corrected chi connectivity index (χ2v) is 12.2. The fraction of sp³-hybridized carbons (Fsp3) is 0.680. The molecule has 2 aliphatic rings. The van der Waals surface area contributed by atoms with E-state index in [1.807, 2.05) is 6.92 Å². The lowest BCUT2D eigenvalue weighted by atomic mass is 9.88. The summed E-state index contributed by atoms with van der Waals surface area (Å²) < 4.78 is 31.7. The number of hydrogen-bond donors (Lipinski definition) is 2. The minimum absolute atomic E-state index is 0.00299. The lowest BCUT2D eigenvalue weighted by Crippen LogP contribution is -2.48. The number of fused-ring (bicyclic) bond motifs is 1. The smallest absolute Gasteiger partial charge is 0.227 e. The van der Waals surface area contributed by atoms with E-state index in [0.717, 1.165) is 31.9 Å². The second kappa shape index (κ2) is 11.7. The maximum atomic E-state index is 13.3. The summed E-state index contributed by atoms with van der Waals surface area (Å²) in [6.45, 7) is 3.95. The Labute approximate surface area is 208 Å². The Kier molecular flexibility index (Phi) is 9.17. The number of anilines is 1. The minimum atomic E-state index is -3.42. The first-order chi connectivity index (χ1) is 16.5. The van der Waals surface area contributed by atoms with E-state index in [4.69, 9.17) is 4.74 Å². The van der Waals surface area contributed by atoms with E-state index in [1.54, 1.807) is 30.0 Å². The molecule has 1 fully saturated rings. The van der Waals surface area contributed by atoms with Gasteiger partial charge in [0.05, 0.1) is 31.9 Å². The zero-order valence-electron chi connectivity index (χ0n) is 21.2. The van der Waals surface area contributed by atoms with E-state index in [0.29, 0.717) is 23.5 Å². The lowest BCUT2D eigenvalue weighted by molar-refractivity contribution is -0.134. The third-order valence-electron chi connectivity index (χ3n) is 7.16. The van der Waals surface area contributed by atoms with Crippen molar-refractivity contribution < 1.29 is 27.9 Å². The number of benzene rings is 1. The Morgan fingerprint density at radius 3 is 2.60 bits per heavy atom. The molecule has 1 heterocycles. The molecule has 0 saturated heterocycles. The summed E-state index contributed by atoms with van der Waals surface area (Å²) in [5, 5.41) is 12.7. The maximum Gasteiger partial charge on any atom is 0.227 e. The van der Waals surface area contributed by atoms with Crippen LogP contribution < -0.4 is 10.1 Å². The molecule has 1 saturated carbocycles. The first-order valence-corrected chi connectivity index (χ1v) is 14.3. The number of carbonyl (C=O) groups is 2. The standard InChI is InChI=1S/C25H39N3O6S/c1-17-14-28(18(2)16-29)24(30)13-20-12-21(26-25(31)19-8-6-5-7-9-19)10-11-22(20)34-23(17)15-27(3)35(4,32)33/h10-12,17-19,23,29H,5-9,13-16H2,1-4H3,(H,26,31)/t17-,18+,23-/m1/s1. The quantitative estimate of drug-likeness (QED) is 0.582. The van der Waals surface area contributed by atoms with Gasteiger partial charge in [0.2, 0.25) is 21.8 Å². The van der Waals surface area contributed by atoms with Crippen LogP contribution in [0.3, 0.4) is 0 Å². The van der Waals surface area contributed by atoms with Gasteiger partial charge in [-0.2, -0.15) is 0 Å². The molecule has 0 radical (unpaired) electrons. The Balaban J connectivity index is 1.91. The monoisotopic (exact) mass is 509 g/mol. The Morgan fingerprint density at radius 2 is 1.97 bits per heavy atom. The maximum absolute atomic E-state index is 13.3. The van der Waals surface area contributed by atoms with Crippen LogP contribution in [0.15, 0.2) is 18.2 Å². The molecule has 35 heavy (non-hydrogen) atoms. The van der Waals surface area contributed by atoms with Gasteiger partial charge in [0, 0.05) is 36.7 Å². The van der Waals surface area contributed by atoms with Gasteiger partial charge >= 0.3 is 0 Å². The highest BCUT2D eigenvalue weighted by Crippen LogP contribution is 2.30. The average molecular weight is 510 g/mol. The van der Waals surface area contributed by atoms with Gasteiger partial charge in [-0.1, -0.05) is 26.2 Å². The predicted octanol–water partition coefficient (Wildman–Crippen LogP) is 2.25. The average Bonchev–Trinajstić information content (AvgIpc) is 2.86. The number of aliphatic hydroxyl groups is 1. The van der Waals surface area contributed by atoms with Gasteiger partial charge in [0.15, 0.2) is 0 Å². The third kappa shape index (κ3) is 7.17. The van der Waals surface area contributed by atoms with Crippen molar-refractivity contribution in [2.45, 2.75) is 64.5 Å². The number of carbonyl (C=O) groups excluding carboxylic acids is 2. The van der Waals surface area contributed by atoms with Crippen molar-refractivity contribution in [1.82, 2.24) is 9.21 Å². The lowest BCUT2D eigenvalue weighted by Gasteiger charge is -2.33. The fourth-order valence-electron chi connectivity index (χ4n) is 4.72. The Morgan fingerprint density at radius 1 is 1.29 bits per heavy atom. The van der Waals surface area contributed by atoms with E-state index < -0.39 is 22.2 Å². The summed E-state index contributed by atoms with van der Waals surface area (Å²) in [6, 6.07) is 4.87. The number of nitrogens with zero attached hydrogens (tertiary/aromatic N) is 2. The van der Waals surface area contributed by atoms with E-state index in [9.17, 15) is 23.1 Å². The predicted molar refractivity (Wildman–Crippen MR) is 135 cm³/mol. The van der Waals surface area contributed by atoms with Crippen LogP contribution in [0.25, 0.3) is 0 Å². The van der Waals surface area contributed by atoms with Crippen LogP contribution in [0.2, 0.25) is 0 Å². The SMILES string of the molecule is C[C@@H]1CN([C@@H](C)CO)C(=O)Cc2cc(NC(=O)C3CCCCC3)ccc2O[C@@H]1CN(C)S(C)(=O)=O. The summed E-state index contributed by atoms with van der Waals surface area (Å²) in [4.78, 5) is 27.7. The van der Waals surface area contributed by atoms with Crippen molar-refractivity contribution in [2.75, 3.05) is 38.3 Å². The molecule has 0 aromatic heterocycles. The number of nitrogens with one attached hydrogen (secondary N) is 1. The van der Waals surface area contributed by atoms with Crippen LogP contribution in [-0.2, 0) is 26.0 Å². The summed E-state index contributed by atoms with van der Waals surface area (Å²) in [5.41, 5.74) is 1.22. The Hall–Kier alpha value is -2.17. The molecule has 0 unspecified atom stereocenters. The molecule has 1 aromatic carbocycles. The number of sulfonamides is 1. The summed E-state index contributed by atoms with van der Waals surface area (Å²) in [7, 11) is -1.92. The number of aliphatic hydroxyl groups excluding tert-OH is 1. The van der Waals surface area contributed by atoms with Crippen LogP contribution >= 0.6 is 0 Å². The molecule has 9 nitrogen and oxygen atoms in total. The van der Waals surface area contributed by atoms with Crippen molar-refractivity contribution in [3.63, 3.8) is 0 Å². The van der Waals surface area contributed by atoms with Crippen LogP contribution in [0.1, 0.15) is 51.5 Å². The van der Waals surface area contributed by atoms with Crippen LogP contribution in [0, 0.1) is 11.8 Å². The van der Waals surface area contributed by atoms with Gasteiger partial charge in [-0.05, 0) is 38.0 Å². The van der Waals surface area contributed by atoms with Crippen LogP contribution in [-0.4, -0.2) is 79.7 Å². The van der Waals surface area contributed by atoms with E-state index in [2.05, 4.69) is 5.32 Å². The van der Waals surface area contributed by atoms with Crippen molar-refractivity contribution in [3.8, 4) is 5.75 Å². The number of hydrogen-bond acceptors (Lipinski definition) is 6. The molecule has 1 aliphatic carbocycles. The first kappa shape index (κ1) is 27.4. The molecule has 2 N–H and O–H groups in total. The van der Waals surface area contributed by atoms with Gasteiger partial charge in [-0.25, -0.2) is 12.7 Å². The zero-order valence-corrected chi connectivity index (χ0v) is 22.0. The molecule has 0 spiro atoms. The molecule has 10 heteroatoms. The molecule has 3 atom stereocenters. The molecule has 196 valence electrons. The molecule has 1 aromatic rings. The van der Waals surface area contributed by atoms with E-state index >= 15 is 0 Å². The van der Waals surface area contributed by atoms with Gasteiger partial charge in [0.25, 0.3) is 0 Å². The second-order valence-electron chi connectivity index (χ2n) is 10.1. The van der Waals surface area contributed by atoms with Crippen molar-refractivity contribution in [2.24, 2.45) is 11.8 Å². The summed E-state index contributed by atoms with van der Waals surface area (Å²) in [6.07, 6.45) is 5.74. The van der Waals surface area contributed by atoms with Gasteiger partial charge in [-0.15, -0.1) is 0 Å². The van der Waals surface area contributed by atoms with Crippen molar-refractivity contribution >= 4 is 27.5 Å². The summed E-state index contributed by atoms with van der Waals surface area (Å²) >= 11 is 0. The number of rotatable bonds is 7. The Bertz CT molecular complexity index is 1010. The molecular formula is C25H39N3O6S. The van der Waals surface area contributed by atoms with Crippen LogP contribution in [0.4, 0.5) is 5.69 Å². The molecule has 2 amide bonds. The number of amides is 2. The highest BCUT2D eigenvalue weighted by Gasteiger charge is 2.32. The molecule has 1 aliphatic heterocycles.